The van der Waals surface area contributed by atoms with Crippen molar-refractivity contribution in [3.63, 3.8) is 0 Å². The molecular formula is C51H80F6O7. The van der Waals surface area contributed by atoms with Crippen LogP contribution in [-0.4, -0.2) is 69.1 Å². The highest BCUT2D eigenvalue weighted by Gasteiger charge is 2.72. The summed E-state index contributed by atoms with van der Waals surface area (Å²) in [5, 5.41) is 20.0. The predicted octanol–water partition coefficient (Wildman–Crippen LogP) is 12.3. The Bertz CT molecular complexity index is 1660. The van der Waals surface area contributed by atoms with Crippen LogP contribution in [0.4, 0.5) is 26.3 Å². The van der Waals surface area contributed by atoms with Gasteiger partial charge in [0.05, 0.1) is 28.6 Å². The van der Waals surface area contributed by atoms with Crippen molar-refractivity contribution in [1.29, 1.82) is 0 Å². The molecule has 0 radical (unpaired) electrons. The van der Waals surface area contributed by atoms with Gasteiger partial charge in [-0.3, -0.25) is 9.59 Å². The summed E-state index contributed by atoms with van der Waals surface area (Å²) < 4.78 is 94.9. The fourth-order valence-corrected chi connectivity index (χ4v) is 15.4. The molecule has 0 aromatic rings. The normalized spacial score (nSPS) is 41.9. The zero-order chi connectivity index (χ0) is 47.2. The summed E-state index contributed by atoms with van der Waals surface area (Å²) in [6, 6.07) is 0. The van der Waals surface area contributed by atoms with Crippen LogP contribution >= 0.6 is 0 Å². The minimum absolute atomic E-state index is 0.00952. The molecule has 0 amide bonds. The molecule has 10 aliphatic rings. The van der Waals surface area contributed by atoms with Crippen LogP contribution in [0.25, 0.3) is 0 Å². The lowest BCUT2D eigenvalue weighted by atomic mass is 9.52. The van der Waals surface area contributed by atoms with E-state index >= 15 is 0 Å². The van der Waals surface area contributed by atoms with Crippen LogP contribution in [0.15, 0.2) is 0 Å². The topological polar surface area (TPSA) is 102 Å². The zero-order valence-electron chi connectivity index (χ0n) is 40.1. The van der Waals surface area contributed by atoms with Gasteiger partial charge in [-0.1, -0.05) is 27.7 Å². The Hall–Kier alpha value is -1.60. The monoisotopic (exact) mass is 919 g/mol. The lowest BCUT2D eigenvalue weighted by molar-refractivity contribution is -0.373. The van der Waals surface area contributed by atoms with Gasteiger partial charge < -0.3 is 24.4 Å². The molecule has 0 spiro atoms. The number of fused-ring (bicyclic) bond motifs is 11. The number of halogens is 6. The van der Waals surface area contributed by atoms with E-state index in [1.54, 1.807) is 0 Å². The quantitative estimate of drug-likeness (QED) is 0.114. The third kappa shape index (κ3) is 9.18. The maximum atomic E-state index is 12.8. The van der Waals surface area contributed by atoms with Crippen LogP contribution in [0.1, 0.15) is 184 Å². The maximum absolute atomic E-state index is 12.8. The van der Waals surface area contributed by atoms with Crippen molar-refractivity contribution in [1.82, 2.24) is 0 Å². The molecule has 10 aliphatic carbocycles. The highest BCUT2D eigenvalue weighted by atomic mass is 19.4. The Labute approximate surface area is 378 Å². The number of aliphatic hydroxyl groups is 2. The van der Waals surface area contributed by atoms with E-state index in [1.165, 1.54) is 32.1 Å². The lowest BCUT2D eigenvalue weighted by Gasteiger charge is -2.59. The van der Waals surface area contributed by atoms with E-state index in [1.807, 2.05) is 48.5 Å². The molecule has 368 valence electrons. The van der Waals surface area contributed by atoms with Crippen molar-refractivity contribution >= 4 is 11.9 Å². The van der Waals surface area contributed by atoms with Crippen LogP contribution in [0.3, 0.4) is 0 Å². The Kier molecular flexibility index (Phi) is 13.7. The van der Waals surface area contributed by atoms with Gasteiger partial charge in [0.15, 0.2) is 0 Å². The van der Waals surface area contributed by atoms with E-state index in [0.29, 0.717) is 37.0 Å². The third-order valence-corrected chi connectivity index (χ3v) is 19.4. The molecule has 10 bridgehead atoms. The van der Waals surface area contributed by atoms with Crippen LogP contribution in [-0.2, 0) is 23.8 Å². The molecule has 0 aromatic carbocycles. The van der Waals surface area contributed by atoms with E-state index in [4.69, 9.17) is 14.2 Å². The number of esters is 2. The largest absolute Gasteiger partial charge is 0.459 e. The lowest BCUT2D eigenvalue weighted by Crippen LogP contribution is -2.61. The second kappa shape index (κ2) is 17.4. The molecular weight excluding hydrogens is 839 g/mol. The highest BCUT2D eigenvalue weighted by molar-refractivity contribution is 5.77. The molecule has 64 heavy (non-hydrogen) atoms. The number of carbonyl (C=O) groups is 2. The fraction of sp³-hybridized carbons (Fsp3) is 0.961. The molecule has 0 aliphatic heterocycles. The number of hydrogen-bond donors (Lipinski definition) is 2. The van der Waals surface area contributed by atoms with Crippen LogP contribution < -0.4 is 0 Å². The van der Waals surface area contributed by atoms with Gasteiger partial charge in [-0.2, -0.15) is 26.3 Å². The Morgan fingerprint density at radius 3 is 1.70 bits per heavy atom. The van der Waals surface area contributed by atoms with Crippen molar-refractivity contribution in [2.75, 3.05) is 0 Å². The van der Waals surface area contributed by atoms with Gasteiger partial charge in [-0.25, -0.2) is 0 Å². The standard InChI is InChI=1S/C20H32O2.C16H26O3.C15H22F6O2/c1-5-19(3,4)18(21)22-20(6-2)11-14-10-15(20)17-13-8-7-12(9-13)16(14)17;1-4-14(2,3)13(17)19-16-8-11-5-12(9-16)7-15(18,6-11)10-16;1-3-8(2)23-12-6-9-4-10(12)5-11(9)7-13(22,14(16,17)18)15(19,20)21/h12-17H,5-11H2,1-4H3;11-12,18H,4-10H2,1-3H3;8-12,22H,3-7H2,1-2H3. The molecule has 0 aromatic heterocycles. The first-order chi connectivity index (χ1) is 29.6. The van der Waals surface area contributed by atoms with Gasteiger partial charge >= 0.3 is 24.3 Å². The van der Waals surface area contributed by atoms with Gasteiger partial charge in [-0.15, -0.1) is 0 Å². The number of hydrogen-bond acceptors (Lipinski definition) is 7. The van der Waals surface area contributed by atoms with Crippen molar-refractivity contribution in [2.24, 2.45) is 75.9 Å². The smallest absolute Gasteiger partial charge is 0.426 e. The maximum Gasteiger partial charge on any atom is 0.426 e. The summed E-state index contributed by atoms with van der Waals surface area (Å²) in [4.78, 5) is 25.1. The fourth-order valence-electron chi connectivity index (χ4n) is 15.4. The average Bonchev–Trinajstić information content (AvgIpc) is 4.06. The summed E-state index contributed by atoms with van der Waals surface area (Å²) in [7, 11) is 0. The molecule has 0 saturated heterocycles. The van der Waals surface area contributed by atoms with Crippen LogP contribution in [0.5, 0.6) is 0 Å². The molecule has 0 heterocycles. The van der Waals surface area contributed by atoms with E-state index in [2.05, 4.69) is 13.8 Å². The SMILES string of the molecule is CCC(C)(C)C(=O)OC1(CC)CC2CC1C1C3CCC(C3)C21.CCC(C)(C)C(=O)OC12CC3CC(CC(O)(C3)C1)C2.CCC(C)OC1CC2CC1CC2CC(O)(C(F)(F)F)C(F)(F)F. The van der Waals surface area contributed by atoms with Crippen molar-refractivity contribution in [2.45, 2.75) is 231 Å². The second-order valence-corrected chi connectivity index (χ2v) is 24.3. The number of carbonyl (C=O) groups excluding carboxylic acids is 2. The first-order valence-corrected chi connectivity index (χ1v) is 25.3. The summed E-state index contributed by atoms with van der Waals surface area (Å²) >= 11 is 0. The Morgan fingerprint density at radius 2 is 1.22 bits per heavy atom. The first kappa shape index (κ1) is 50.3. The minimum atomic E-state index is -5.72. The van der Waals surface area contributed by atoms with Gasteiger partial charge in [0.25, 0.3) is 5.60 Å². The molecule has 7 nitrogen and oxygen atoms in total. The predicted molar refractivity (Wildman–Crippen MR) is 230 cm³/mol. The van der Waals surface area contributed by atoms with E-state index < -0.39 is 41.3 Å². The van der Waals surface area contributed by atoms with Gasteiger partial charge in [-0.05, 0) is 209 Å². The summed E-state index contributed by atoms with van der Waals surface area (Å²) in [6.07, 6.45) is 4.54. The molecule has 10 fully saturated rings. The van der Waals surface area contributed by atoms with Crippen LogP contribution in [0, 0.1) is 75.9 Å². The van der Waals surface area contributed by atoms with Gasteiger partial charge in [0, 0.05) is 12.3 Å². The van der Waals surface area contributed by atoms with Gasteiger partial charge in [0.1, 0.15) is 11.2 Å². The van der Waals surface area contributed by atoms with Crippen molar-refractivity contribution < 1.29 is 60.4 Å². The Balaban J connectivity index is 0.000000144. The number of rotatable bonds is 12. The number of alkyl halides is 6. The van der Waals surface area contributed by atoms with E-state index in [9.17, 15) is 46.1 Å². The van der Waals surface area contributed by atoms with Crippen LogP contribution in [0.2, 0.25) is 0 Å². The molecule has 10 saturated carbocycles. The van der Waals surface area contributed by atoms with E-state index in [-0.39, 0.29) is 59.0 Å². The molecule has 14 unspecified atom stereocenters. The number of ether oxygens (including phenoxy) is 3. The molecule has 13 heteroatoms. The highest BCUT2D eigenvalue weighted by Crippen LogP contribution is 2.71. The van der Waals surface area contributed by atoms with Crippen molar-refractivity contribution in [3.8, 4) is 0 Å². The minimum Gasteiger partial charge on any atom is -0.459 e. The van der Waals surface area contributed by atoms with Gasteiger partial charge in [0.2, 0.25) is 0 Å². The summed E-state index contributed by atoms with van der Waals surface area (Å²) in [5.41, 5.74) is -6.41. The zero-order valence-corrected chi connectivity index (χ0v) is 40.1. The summed E-state index contributed by atoms with van der Waals surface area (Å²) in [6.45, 7) is 18.2. The van der Waals surface area contributed by atoms with Crippen molar-refractivity contribution in [3.05, 3.63) is 0 Å². The third-order valence-electron chi connectivity index (χ3n) is 19.4. The first-order valence-electron chi connectivity index (χ1n) is 25.3. The summed E-state index contributed by atoms with van der Waals surface area (Å²) in [5.74, 6) is 5.41. The molecule has 14 atom stereocenters. The van der Waals surface area contributed by atoms with E-state index in [0.717, 1.165) is 87.4 Å². The molecule has 2 N–H and O–H groups in total. The average molecular weight is 919 g/mol. The Morgan fingerprint density at radius 1 is 0.672 bits per heavy atom. The second-order valence-electron chi connectivity index (χ2n) is 24.3. The molecule has 10 rings (SSSR count).